The van der Waals surface area contributed by atoms with Crippen LogP contribution in [-0.2, 0) is 11.2 Å². The van der Waals surface area contributed by atoms with Gasteiger partial charge in [-0.3, -0.25) is 0 Å². The predicted octanol–water partition coefficient (Wildman–Crippen LogP) is 2.75. The van der Waals surface area contributed by atoms with Gasteiger partial charge < -0.3 is 15.4 Å². The van der Waals surface area contributed by atoms with Gasteiger partial charge >= 0.3 is 0 Å². The van der Waals surface area contributed by atoms with Gasteiger partial charge in [-0.1, -0.05) is 6.07 Å². The Morgan fingerprint density at radius 1 is 1.39 bits per heavy atom. The van der Waals surface area contributed by atoms with Gasteiger partial charge in [0.2, 0.25) is 0 Å². The van der Waals surface area contributed by atoms with Gasteiger partial charge in [0.05, 0.1) is 5.60 Å². The van der Waals surface area contributed by atoms with Gasteiger partial charge in [0.25, 0.3) is 0 Å². The molecule has 2 rings (SSSR count). The highest BCUT2D eigenvalue weighted by atomic mass is 16.5. The highest BCUT2D eigenvalue weighted by molar-refractivity contribution is 5.67. The molecule has 1 heterocycles. The number of methoxy groups -OCH3 is 1. The number of nitrogens with two attached hydrogens (primary N) is 1. The summed E-state index contributed by atoms with van der Waals surface area (Å²) in [6.45, 7) is 8.46. The maximum absolute atomic E-state index is 6.01. The lowest BCUT2D eigenvalue weighted by Gasteiger charge is -2.27. The van der Waals surface area contributed by atoms with E-state index in [1.165, 1.54) is 16.8 Å². The summed E-state index contributed by atoms with van der Waals surface area (Å²) in [5, 5.41) is 0. The third-order valence-electron chi connectivity index (χ3n) is 4.00. The molecule has 0 saturated heterocycles. The number of aryl methyl sites for hydroxylation is 1. The third-order valence-corrected chi connectivity index (χ3v) is 4.00. The summed E-state index contributed by atoms with van der Waals surface area (Å²) in [5.74, 6) is 0. The van der Waals surface area contributed by atoms with Crippen molar-refractivity contribution >= 4 is 11.4 Å². The number of ether oxygens (including phenoxy) is 1. The molecule has 3 nitrogen and oxygen atoms in total. The molecule has 3 heteroatoms. The Morgan fingerprint density at radius 2 is 2.11 bits per heavy atom. The molecule has 18 heavy (non-hydrogen) atoms. The molecule has 0 unspecified atom stereocenters. The minimum Gasteiger partial charge on any atom is -0.398 e. The van der Waals surface area contributed by atoms with Crippen molar-refractivity contribution in [2.45, 2.75) is 39.2 Å². The SMILES string of the molecule is COC(C)(C)CCN1CCc2cc(C)c(N)cc21. The first-order valence-electron chi connectivity index (χ1n) is 6.62. The van der Waals surface area contributed by atoms with Crippen LogP contribution in [0.5, 0.6) is 0 Å². The summed E-state index contributed by atoms with van der Waals surface area (Å²) in [6, 6.07) is 4.35. The minimum absolute atomic E-state index is 0.0566. The number of nitrogen functional groups attached to an aromatic ring is 1. The molecular weight excluding hydrogens is 224 g/mol. The molecule has 0 saturated carbocycles. The highest BCUT2D eigenvalue weighted by Crippen LogP contribution is 2.32. The number of hydrogen-bond donors (Lipinski definition) is 1. The zero-order chi connectivity index (χ0) is 13.3. The standard InChI is InChI=1S/C15H24N2O/c1-11-9-12-5-7-17(14(12)10-13(11)16)8-6-15(2,3)18-4/h9-10H,5-8,16H2,1-4H3. The first kappa shape index (κ1) is 13.2. The van der Waals surface area contributed by atoms with Gasteiger partial charge in [0, 0.05) is 31.6 Å². The Kier molecular flexibility index (Phi) is 3.53. The van der Waals surface area contributed by atoms with E-state index in [1.807, 2.05) is 0 Å². The maximum Gasteiger partial charge on any atom is 0.0639 e. The van der Waals surface area contributed by atoms with E-state index in [1.54, 1.807) is 7.11 Å². The smallest absolute Gasteiger partial charge is 0.0639 e. The summed E-state index contributed by atoms with van der Waals surface area (Å²) >= 11 is 0. The molecule has 0 radical (unpaired) electrons. The molecule has 0 aromatic heterocycles. The largest absolute Gasteiger partial charge is 0.398 e. The van der Waals surface area contributed by atoms with E-state index in [9.17, 15) is 0 Å². The fourth-order valence-corrected chi connectivity index (χ4v) is 2.38. The van der Waals surface area contributed by atoms with Crippen LogP contribution in [0.15, 0.2) is 12.1 Å². The number of anilines is 2. The van der Waals surface area contributed by atoms with Crippen LogP contribution in [0.25, 0.3) is 0 Å². The van der Waals surface area contributed by atoms with E-state index in [0.29, 0.717) is 0 Å². The molecule has 1 aliphatic rings. The lowest BCUT2D eigenvalue weighted by molar-refractivity contribution is 0.0173. The quantitative estimate of drug-likeness (QED) is 0.833. The van der Waals surface area contributed by atoms with Crippen LogP contribution in [0.2, 0.25) is 0 Å². The third kappa shape index (κ3) is 2.61. The molecule has 0 spiro atoms. The predicted molar refractivity (Wildman–Crippen MR) is 77.2 cm³/mol. The van der Waals surface area contributed by atoms with Crippen molar-refractivity contribution < 1.29 is 4.74 Å². The van der Waals surface area contributed by atoms with E-state index in [0.717, 1.165) is 31.6 Å². The molecule has 0 bridgehead atoms. The number of benzene rings is 1. The van der Waals surface area contributed by atoms with Crippen LogP contribution < -0.4 is 10.6 Å². The fraction of sp³-hybridized carbons (Fsp3) is 0.600. The number of hydrogen-bond acceptors (Lipinski definition) is 3. The number of nitrogens with zero attached hydrogens (tertiary/aromatic N) is 1. The zero-order valence-corrected chi connectivity index (χ0v) is 11.9. The van der Waals surface area contributed by atoms with E-state index >= 15 is 0 Å². The van der Waals surface area contributed by atoms with E-state index in [-0.39, 0.29) is 5.60 Å². The van der Waals surface area contributed by atoms with Gasteiger partial charge in [0.15, 0.2) is 0 Å². The number of rotatable bonds is 4. The van der Waals surface area contributed by atoms with E-state index in [2.05, 4.69) is 37.8 Å². The average molecular weight is 248 g/mol. The summed E-state index contributed by atoms with van der Waals surface area (Å²) in [7, 11) is 1.78. The molecule has 1 aromatic carbocycles. The fourth-order valence-electron chi connectivity index (χ4n) is 2.38. The second-order valence-corrected chi connectivity index (χ2v) is 5.79. The van der Waals surface area contributed by atoms with Crippen molar-refractivity contribution in [3.8, 4) is 0 Å². The normalized spacial score (nSPS) is 15.0. The summed E-state index contributed by atoms with van der Waals surface area (Å²) < 4.78 is 5.48. The van der Waals surface area contributed by atoms with Crippen molar-refractivity contribution in [1.29, 1.82) is 0 Å². The average Bonchev–Trinajstić information content (AvgIpc) is 2.70. The Hall–Kier alpha value is -1.22. The monoisotopic (exact) mass is 248 g/mol. The molecule has 0 fully saturated rings. The van der Waals surface area contributed by atoms with E-state index in [4.69, 9.17) is 10.5 Å². The first-order valence-corrected chi connectivity index (χ1v) is 6.62. The molecule has 0 atom stereocenters. The summed E-state index contributed by atoms with van der Waals surface area (Å²) in [6.07, 6.45) is 2.15. The van der Waals surface area contributed by atoms with Gasteiger partial charge in [-0.25, -0.2) is 0 Å². The van der Waals surface area contributed by atoms with Crippen LogP contribution in [-0.4, -0.2) is 25.8 Å². The van der Waals surface area contributed by atoms with Gasteiger partial charge in [-0.15, -0.1) is 0 Å². The van der Waals surface area contributed by atoms with E-state index < -0.39 is 0 Å². The van der Waals surface area contributed by atoms with Crippen molar-refractivity contribution in [1.82, 2.24) is 0 Å². The molecule has 2 N–H and O–H groups in total. The van der Waals surface area contributed by atoms with Crippen molar-refractivity contribution in [2.24, 2.45) is 0 Å². The Labute approximate surface area is 110 Å². The Balaban J connectivity index is 2.10. The van der Waals surface area contributed by atoms with Gasteiger partial charge in [-0.2, -0.15) is 0 Å². The summed E-state index contributed by atoms with van der Waals surface area (Å²) in [4.78, 5) is 2.42. The number of fused-ring (bicyclic) bond motifs is 1. The van der Waals surface area contributed by atoms with Crippen LogP contribution in [0.1, 0.15) is 31.4 Å². The molecule has 0 aliphatic carbocycles. The Morgan fingerprint density at radius 3 is 2.78 bits per heavy atom. The lowest BCUT2D eigenvalue weighted by Crippen LogP contribution is -2.31. The van der Waals surface area contributed by atoms with Crippen LogP contribution in [0, 0.1) is 6.92 Å². The van der Waals surface area contributed by atoms with Crippen LogP contribution in [0.4, 0.5) is 11.4 Å². The highest BCUT2D eigenvalue weighted by Gasteiger charge is 2.23. The second kappa shape index (κ2) is 4.81. The maximum atomic E-state index is 6.01. The van der Waals surface area contributed by atoms with Crippen molar-refractivity contribution in [3.63, 3.8) is 0 Å². The first-order chi connectivity index (χ1) is 8.43. The lowest BCUT2D eigenvalue weighted by atomic mass is 10.0. The zero-order valence-electron chi connectivity index (χ0n) is 11.9. The van der Waals surface area contributed by atoms with Crippen molar-refractivity contribution in [2.75, 3.05) is 30.8 Å². The molecule has 100 valence electrons. The van der Waals surface area contributed by atoms with Crippen molar-refractivity contribution in [3.05, 3.63) is 23.3 Å². The minimum atomic E-state index is -0.0566. The van der Waals surface area contributed by atoms with Gasteiger partial charge in [0.1, 0.15) is 0 Å². The second-order valence-electron chi connectivity index (χ2n) is 5.79. The Bertz CT molecular complexity index is 440. The molecule has 1 aliphatic heterocycles. The molecule has 0 amide bonds. The van der Waals surface area contributed by atoms with Gasteiger partial charge in [-0.05, 0) is 50.8 Å². The van der Waals surface area contributed by atoms with Crippen LogP contribution in [0.3, 0.4) is 0 Å². The summed E-state index contributed by atoms with van der Waals surface area (Å²) in [5.41, 5.74) is 10.8. The molecular formula is C15H24N2O. The van der Waals surface area contributed by atoms with Crippen LogP contribution >= 0.6 is 0 Å². The topological polar surface area (TPSA) is 38.5 Å². The molecule has 1 aromatic rings.